The van der Waals surface area contributed by atoms with Crippen molar-refractivity contribution in [3.05, 3.63) is 83.6 Å². The number of benzene rings is 1. The Balaban J connectivity index is 1.70. The number of hydrazone groups is 1. The van der Waals surface area contributed by atoms with E-state index in [0.29, 0.717) is 28.3 Å². The summed E-state index contributed by atoms with van der Waals surface area (Å²) >= 11 is 0. The Labute approximate surface area is 156 Å². The zero-order valence-corrected chi connectivity index (χ0v) is 14.9. The molecular weight excluding hydrogens is 344 g/mol. The third-order valence-corrected chi connectivity index (χ3v) is 3.89. The van der Waals surface area contributed by atoms with E-state index in [0.717, 1.165) is 5.56 Å². The van der Waals surface area contributed by atoms with Crippen LogP contribution in [0.4, 0.5) is 5.69 Å². The predicted molar refractivity (Wildman–Crippen MR) is 102 cm³/mol. The van der Waals surface area contributed by atoms with E-state index in [1.165, 1.54) is 12.5 Å². The average Bonchev–Trinajstić information content (AvgIpc) is 3.12. The first-order valence-electron chi connectivity index (χ1n) is 8.25. The quantitative estimate of drug-likeness (QED) is 0.537. The van der Waals surface area contributed by atoms with Crippen LogP contribution in [0.25, 0.3) is 0 Å². The molecule has 7 heteroatoms. The van der Waals surface area contributed by atoms with Gasteiger partial charge in [-0.1, -0.05) is 12.1 Å². The molecule has 2 heterocycles. The topological polar surface area (TPSA) is 96.6 Å². The number of carbonyl (C=O) groups is 2. The molecule has 0 aliphatic carbocycles. The Hall–Kier alpha value is -3.74. The first-order chi connectivity index (χ1) is 13.0. The van der Waals surface area contributed by atoms with Gasteiger partial charge in [0.05, 0.1) is 23.1 Å². The molecule has 0 saturated heterocycles. The molecule has 0 aliphatic heterocycles. The van der Waals surface area contributed by atoms with Crippen molar-refractivity contribution >= 4 is 23.2 Å². The fraction of sp³-hybridized carbons (Fsp3) is 0.100. The number of nitrogens with one attached hydrogen (secondary N) is 2. The van der Waals surface area contributed by atoms with Crippen molar-refractivity contribution in [2.45, 2.75) is 13.8 Å². The summed E-state index contributed by atoms with van der Waals surface area (Å²) in [6.45, 7) is 3.48. The predicted octanol–water partition coefficient (Wildman–Crippen LogP) is 3.39. The number of hydrogen-bond donors (Lipinski definition) is 2. The Kier molecular flexibility index (Phi) is 5.41. The molecule has 1 aromatic carbocycles. The summed E-state index contributed by atoms with van der Waals surface area (Å²) in [6.07, 6.45) is 4.56. The summed E-state index contributed by atoms with van der Waals surface area (Å²) in [5, 5.41) is 6.94. The summed E-state index contributed by atoms with van der Waals surface area (Å²) in [5.41, 5.74) is 5.39. The van der Waals surface area contributed by atoms with Gasteiger partial charge in [-0.3, -0.25) is 14.6 Å². The maximum atomic E-state index is 12.2. The van der Waals surface area contributed by atoms with E-state index in [4.69, 9.17) is 4.42 Å². The maximum absolute atomic E-state index is 12.2. The highest BCUT2D eigenvalue weighted by atomic mass is 16.3. The first kappa shape index (κ1) is 18.1. The van der Waals surface area contributed by atoms with Crippen LogP contribution in [-0.2, 0) is 0 Å². The van der Waals surface area contributed by atoms with E-state index in [9.17, 15) is 9.59 Å². The Morgan fingerprint density at radius 3 is 2.59 bits per heavy atom. The number of carbonyl (C=O) groups excluding carboxylic acids is 2. The van der Waals surface area contributed by atoms with Gasteiger partial charge in [-0.2, -0.15) is 5.10 Å². The van der Waals surface area contributed by atoms with Gasteiger partial charge >= 0.3 is 0 Å². The maximum Gasteiger partial charge on any atom is 0.274 e. The number of rotatable bonds is 5. The van der Waals surface area contributed by atoms with Gasteiger partial charge in [0.15, 0.2) is 0 Å². The lowest BCUT2D eigenvalue weighted by Gasteiger charge is -2.08. The number of amides is 2. The van der Waals surface area contributed by atoms with Crippen molar-refractivity contribution in [3.8, 4) is 0 Å². The fourth-order valence-corrected chi connectivity index (χ4v) is 2.40. The van der Waals surface area contributed by atoms with Crippen LogP contribution in [-0.4, -0.2) is 22.5 Å². The van der Waals surface area contributed by atoms with Crippen LogP contribution >= 0.6 is 0 Å². The number of furan rings is 1. The van der Waals surface area contributed by atoms with Crippen LogP contribution in [0.5, 0.6) is 0 Å². The number of pyridine rings is 1. The SMILES string of the molecule is C/C(=N/NC(=O)c1ccoc1C)c1cccc(NC(=O)c2cccnc2)c1. The van der Waals surface area contributed by atoms with Crippen LogP contribution in [0.2, 0.25) is 0 Å². The van der Waals surface area contributed by atoms with E-state index >= 15 is 0 Å². The zero-order valence-electron chi connectivity index (χ0n) is 14.9. The van der Waals surface area contributed by atoms with Gasteiger partial charge in [-0.05, 0) is 49.7 Å². The lowest BCUT2D eigenvalue weighted by atomic mass is 10.1. The smallest absolute Gasteiger partial charge is 0.274 e. The van der Waals surface area contributed by atoms with Crippen molar-refractivity contribution in [2.75, 3.05) is 5.32 Å². The van der Waals surface area contributed by atoms with E-state index < -0.39 is 0 Å². The van der Waals surface area contributed by atoms with Gasteiger partial charge in [0.2, 0.25) is 0 Å². The lowest BCUT2D eigenvalue weighted by molar-refractivity contribution is 0.0952. The summed E-state index contributed by atoms with van der Waals surface area (Å²) in [4.78, 5) is 28.3. The van der Waals surface area contributed by atoms with E-state index in [-0.39, 0.29) is 11.8 Å². The Bertz CT molecular complexity index is 993. The molecule has 27 heavy (non-hydrogen) atoms. The highest BCUT2D eigenvalue weighted by molar-refractivity contribution is 6.05. The van der Waals surface area contributed by atoms with E-state index in [2.05, 4.69) is 20.8 Å². The molecule has 3 aromatic rings. The standard InChI is InChI=1S/C20H18N4O3/c1-13(23-24-20(26)18-8-10-27-14(18)2)15-5-3-7-17(11-15)22-19(25)16-6-4-9-21-12-16/h3-12H,1-2H3,(H,22,25)(H,24,26)/b23-13-. The monoisotopic (exact) mass is 362 g/mol. The van der Waals surface area contributed by atoms with Gasteiger partial charge in [-0.25, -0.2) is 5.43 Å². The van der Waals surface area contributed by atoms with Crippen molar-refractivity contribution < 1.29 is 14.0 Å². The normalized spacial score (nSPS) is 11.1. The molecule has 2 N–H and O–H groups in total. The summed E-state index contributed by atoms with van der Waals surface area (Å²) < 4.78 is 5.11. The van der Waals surface area contributed by atoms with Gasteiger partial charge < -0.3 is 9.73 Å². The molecule has 0 fully saturated rings. The molecule has 0 aliphatic rings. The molecule has 0 unspecified atom stereocenters. The summed E-state index contributed by atoms with van der Waals surface area (Å²) in [5.74, 6) is -0.0688. The molecule has 7 nitrogen and oxygen atoms in total. The summed E-state index contributed by atoms with van der Waals surface area (Å²) in [6, 6.07) is 12.2. The molecule has 0 saturated carbocycles. The second-order valence-electron chi connectivity index (χ2n) is 5.81. The van der Waals surface area contributed by atoms with E-state index in [1.54, 1.807) is 56.4 Å². The molecule has 2 aromatic heterocycles. The van der Waals surface area contributed by atoms with Crippen molar-refractivity contribution in [1.82, 2.24) is 10.4 Å². The lowest BCUT2D eigenvalue weighted by Crippen LogP contribution is -2.19. The van der Waals surface area contributed by atoms with Crippen LogP contribution in [0.15, 0.2) is 70.6 Å². The Morgan fingerprint density at radius 1 is 1.07 bits per heavy atom. The third kappa shape index (κ3) is 4.46. The molecule has 2 amide bonds. The highest BCUT2D eigenvalue weighted by Crippen LogP contribution is 2.13. The molecule has 136 valence electrons. The van der Waals surface area contributed by atoms with Crippen LogP contribution in [0, 0.1) is 6.92 Å². The summed E-state index contributed by atoms with van der Waals surface area (Å²) in [7, 11) is 0. The zero-order chi connectivity index (χ0) is 19.2. The average molecular weight is 362 g/mol. The van der Waals surface area contributed by atoms with Gasteiger partial charge in [0, 0.05) is 18.1 Å². The minimum absolute atomic E-state index is 0.251. The molecule has 3 rings (SSSR count). The highest BCUT2D eigenvalue weighted by Gasteiger charge is 2.11. The minimum atomic E-state index is -0.346. The van der Waals surface area contributed by atoms with Gasteiger partial charge in [-0.15, -0.1) is 0 Å². The second-order valence-corrected chi connectivity index (χ2v) is 5.81. The molecule has 0 atom stereocenters. The molecular formula is C20H18N4O3. The third-order valence-electron chi connectivity index (χ3n) is 3.89. The number of aryl methyl sites for hydroxylation is 1. The second kappa shape index (κ2) is 8.09. The molecule has 0 bridgehead atoms. The van der Waals surface area contributed by atoms with Crippen molar-refractivity contribution in [3.63, 3.8) is 0 Å². The molecule has 0 radical (unpaired) electrons. The van der Waals surface area contributed by atoms with Crippen LogP contribution < -0.4 is 10.7 Å². The van der Waals surface area contributed by atoms with Gasteiger partial charge in [0.25, 0.3) is 11.8 Å². The Morgan fingerprint density at radius 2 is 1.89 bits per heavy atom. The molecule has 0 spiro atoms. The fourth-order valence-electron chi connectivity index (χ4n) is 2.40. The number of aromatic nitrogens is 1. The van der Waals surface area contributed by atoms with Crippen LogP contribution in [0.1, 0.15) is 39.0 Å². The number of hydrogen-bond acceptors (Lipinski definition) is 5. The largest absolute Gasteiger partial charge is 0.469 e. The van der Waals surface area contributed by atoms with E-state index in [1.807, 2.05) is 6.07 Å². The van der Waals surface area contributed by atoms with Gasteiger partial charge in [0.1, 0.15) is 5.76 Å². The van der Waals surface area contributed by atoms with Crippen molar-refractivity contribution in [1.29, 1.82) is 0 Å². The van der Waals surface area contributed by atoms with Crippen LogP contribution in [0.3, 0.4) is 0 Å². The first-order valence-corrected chi connectivity index (χ1v) is 8.25. The number of anilines is 1. The van der Waals surface area contributed by atoms with Crippen molar-refractivity contribution in [2.24, 2.45) is 5.10 Å². The minimum Gasteiger partial charge on any atom is -0.469 e. The number of nitrogens with zero attached hydrogens (tertiary/aromatic N) is 2.